The SMILES string of the molecule is Cc1coc(SC(c2cccc(Br)c2)C(C)N)n1. The molecule has 0 aliphatic heterocycles. The topological polar surface area (TPSA) is 52.0 Å². The third-order valence-electron chi connectivity index (χ3n) is 2.48. The van der Waals surface area contributed by atoms with Crippen molar-refractivity contribution in [2.45, 2.75) is 30.4 Å². The van der Waals surface area contributed by atoms with E-state index in [1.165, 1.54) is 5.56 Å². The standard InChI is InChI=1S/C13H15BrN2OS/c1-8-7-17-13(16-8)18-12(9(2)15)10-4-3-5-11(14)6-10/h3-7,9,12H,15H2,1-2H3. The molecule has 2 aromatic rings. The van der Waals surface area contributed by atoms with E-state index in [4.69, 9.17) is 10.2 Å². The molecule has 0 saturated carbocycles. The van der Waals surface area contributed by atoms with Crippen LogP contribution in [-0.2, 0) is 0 Å². The molecule has 2 rings (SSSR count). The number of rotatable bonds is 4. The maximum Gasteiger partial charge on any atom is 0.256 e. The Bertz CT molecular complexity index is 527. The third-order valence-corrected chi connectivity index (χ3v) is 4.32. The number of aryl methyl sites for hydroxylation is 1. The maximum atomic E-state index is 6.07. The van der Waals surface area contributed by atoms with Gasteiger partial charge in [-0.1, -0.05) is 39.8 Å². The monoisotopic (exact) mass is 326 g/mol. The van der Waals surface area contributed by atoms with E-state index in [1.807, 2.05) is 26.0 Å². The van der Waals surface area contributed by atoms with Crippen LogP contribution in [0.3, 0.4) is 0 Å². The summed E-state index contributed by atoms with van der Waals surface area (Å²) < 4.78 is 6.43. The van der Waals surface area contributed by atoms with Gasteiger partial charge in [0.2, 0.25) is 0 Å². The smallest absolute Gasteiger partial charge is 0.256 e. The second kappa shape index (κ2) is 5.91. The summed E-state index contributed by atoms with van der Waals surface area (Å²) in [6.45, 7) is 3.90. The summed E-state index contributed by atoms with van der Waals surface area (Å²) in [5.41, 5.74) is 8.12. The second-order valence-corrected chi connectivity index (χ2v) is 6.22. The zero-order valence-corrected chi connectivity index (χ0v) is 12.7. The lowest BCUT2D eigenvalue weighted by molar-refractivity contribution is 0.452. The normalized spacial score (nSPS) is 14.4. The fraction of sp³-hybridized carbons (Fsp3) is 0.308. The van der Waals surface area contributed by atoms with Gasteiger partial charge >= 0.3 is 0 Å². The quantitative estimate of drug-likeness (QED) is 0.865. The van der Waals surface area contributed by atoms with E-state index in [2.05, 4.69) is 33.0 Å². The summed E-state index contributed by atoms with van der Waals surface area (Å²) in [5.74, 6) is 0. The second-order valence-electron chi connectivity index (χ2n) is 4.21. The lowest BCUT2D eigenvalue weighted by Crippen LogP contribution is -2.22. The van der Waals surface area contributed by atoms with Gasteiger partial charge in [0.05, 0.1) is 10.9 Å². The molecule has 0 aliphatic rings. The Morgan fingerprint density at radius 2 is 2.22 bits per heavy atom. The predicted molar refractivity (Wildman–Crippen MR) is 77.6 cm³/mol. The zero-order valence-electron chi connectivity index (χ0n) is 10.3. The van der Waals surface area contributed by atoms with Crippen molar-refractivity contribution >= 4 is 27.7 Å². The van der Waals surface area contributed by atoms with Gasteiger partial charge in [0.25, 0.3) is 5.22 Å². The molecule has 0 bridgehead atoms. The van der Waals surface area contributed by atoms with Crippen molar-refractivity contribution in [2.75, 3.05) is 0 Å². The average Bonchev–Trinajstić information content (AvgIpc) is 2.71. The molecule has 0 amide bonds. The first kappa shape index (κ1) is 13.6. The minimum atomic E-state index is 0.0107. The molecule has 96 valence electrons. The highest BCUT2D eigenvalue weighted by atomic mass is 79.9. The number of aromatic nitrogens is 1. The molecule has 2 unspecified atom stereocenters. The van der Waals surface area contributed by atoms with Crippen molar-refractivity contribution in [3.8, 4) is 0 Å². The van der Waals surface area contributed by atoms with Crippen LogP contribution in [-0.4, -0.2) is 11.0 Å². The van der Waals surface area contributed by atoms with Gasteiger partial charge in [0.1, 0.15) is 6.26 Å². The highest BCUT2D eigenvalue weighted by molar-refractivity contribution is 9.10. The fourth-order valence-electron chi connectivity index (χ4n) is 1.66. The van der Waals surface area contributed by atoms with Gasteiger partial charge in [-0.3, -0.25) is 0 Å². The molecule has 1 heterocycles. The molecule has 0 radical (unpaired) electrons. The van der Waals surface area contributed by atoms with Crippen LogP contribution in [0.4, 0.5) is 0 Å². The van der Waals surface area contributed by atoms with Crippen LogP contribution in [0.5, 0.6) is 0 Å². The van der Waals surface area contributed by atoms with Gasteiger partial charge < -0.3 is 10.2 Å². The van der Waals surface area contributed by atoms with Gasteiger partial charge in [-0.25, -0.2) is 4.98 Å². The van der Waals surface area contributed by atoms with Crippen LogP contribution in [0.15, 0.2) is 44.6 Å². The number of benzene rings is 1. The number of nitrogens with zero attached hydrogens (tertiary/aromatic N) is 1. The number of hydrogen-bond donors (Lipinski definition) is 1. The summed E-state index contributed by atoms with van der Waals surface area (Å²) >= 11 is 5.04. The van der Waals surface area contributed by atoms with E-state index in [0.717, 1.165) is 10.2 Å². The summed E-state index contributed by atoms with van der Waals surface area (Å²) in [7, 11) is 0. The molecular formula is C13H15BrN2OS. The lowest BCUT2D eigenvalue weighted by atomic mass is 10.1. The van der Waals surface area contributed by atoms with Crippen LogP contribution < -0.4 is 5.73 Å². The molecule has 5 heteroatoms. The molecule has 0 saturated heterocycles. The van der Waals surface area contributed by atoms with Crippen molar-refractivity contribution in [1.29, 1.82) is 0 Å². The van der Waals surface area contributed by atoms with Crippen LogP contribution >= 0.6 is 27.7 Å². The Morgan fingerprint density at radius 1 is 1.44 bits per heavy atom. The molecule has 2 N–H and O–H groups in total. The number of thioether (sulfide) groups is 1. The fourth-order valence-corrected chi connectivity index (χ4v) is 3.09. The zero-order chi connectivity index (χ0) is 13.1. The molecule has 2 atom stereocenters. The van der Waals surface area contributed by atoms with Crippen molar-refractivity contribution < 1.29 is 4.42 Å². The van der Waals surface area contributed by atoms with Gasteiger partial charge in [-0.2, -0.15) is 0 Å². The summed E-state index contributed by atoms with van der Waals surface area (Å²) in [4.78, 5) is 4.31. The number of nitrogens with two attached hydrogens (primary N) is 1. The van der Waals surface area contributed by atoms with Crippen LogP contribution in [0, 0.1) is 6.92 Å². The number of oxazole rings is 1. The maximum absolute atomic E-state index is 6.07. The van der Waals surface area contributed by atoms with E-state index in [0.29, 0.717) is 5.22 Å². The van der Waals surface area contributed by atoms with E-state index < -0.39 is 0 Å². The Labute approximate surface area is 119 Å². The molecular weight excluding hydrogens is 312 g/mol. The molecule has 0 spiro atoms. The number of halogens is 1. The minimum Gasteiger partial charge on any atom is -0.440 e. The molecule has 3 nitrogen and oxygen atoms in total. The summed E-state index contributed by atoms with van der Waals surface area (Å²) in [5, 5.41) is 0.787. The molecule has 0 aliphatic carbocycles. The Morgan fingerprint density at radius 3 is 2.78 bits per heavy atom. The first-order valence-electron chi connectivity index (χ1n) is 5.66. The van der Waals surface area contributed by atoms with E-state index in [1.54, 1.807) is 18.0 Å². The highest BCUT2D eigenvalue weighted by Gasteiger charge is 2.20. The van der Waals surface area contributed by atoms with E-state index >= 15 is 0 Å². The third kappa shape index (κ3) is 3.37. The Hall–Kier alpha value is -0.780. The van der Waals surface area contributed by atoms with E-state index in [-0.39, 0.29) is 11.3 Å². The largest absolute Gasteiger partial charge is 0.440 e. The van der Waals surface area contributed by atoms with Crippen molar-refractivity contribution in [1.82, 2.24) is 4.98 Å². The molecule has 18 heavy (non-hydrogen) atoms. The molecule has 0 fully saturated rings. The first-order chi connectivity index (χ1) is 8.56. The lowest BCUT2D eigenvalue weighted by Gasteiger charge is -2.19. The van der Waals surface area contributed by atoms with Crippen molar-refractivity contribution in [2.24, 2.45) is 5.73 Å². The average molecular weight is 327 g/mol. The van der Waals surface area contributed by atoms with E-state index in [9.17, 15) is 0 Å². The highest BCUT2D eigenvalue weighted by Crippen LogP contribution is 2.37. The van der Waals surface area contributed by atoms with Crippen LogP contribution in [0.2, 0.25) is 0 Å². The van der Waals surface area contributed by atoms with Gasteiger partial charge in [-0.15, -0.1) is 0 Å². The minimum absolute atomic E-state index is 0.0107. The van der Waals surface area contributed by atoms with Crippen LogP contribution in [0.1, 0.15) is 23.4 Å². The van der Waals surface area contributed by atoms with Crippen molar-refractivity contribution in [3.05, 3.63) is 46.3 Å². The van der Waals surface area contributed by atoms with Crippen molar-refractivity contribution in [3.63, 3.8) is 0 Å². The Kier molecular flexibility index (Phi) is 4.48. The first-order valence-corrected chi connectivity index (χ1v) is 7.33. The molecule has 1 aromatic carbocycles. The van der Waals surface area contributed by atoms with Gasteiger partial charge in [-0.05, 0) is 31.5 Å². The van der Waals surface area contributed by atoms with Gasteiger partial charge in [0, 0.05) is 10.5 Å². The summed E-state index contributed by atoms with van der Waals surface area (Å²) in [6, 6.07) is 8.17. The predicted octanol–water partition coefficient (Wildman–Crippen LogP) is 3.93. The number of hydrogen-bond acceptors (Lipinski definition) is 4. The molecule has 1 aromatic heterocycles. The Balaban J connectivity index is 2.23. The van der Waals surface area contributed by atoms with Gasteiger partial charge in [0.15, 0.2) is 0 Å². The summed E-state index contributed by atoms with van der Waals surface area (Å²) in [6.07, 6.45) is 1.65. The van der Waals surface area contributed by atoms with Crippen LogP contribution in [0.25, 0.3) is 0 Å².